The van der Waals surface area contributed by atoms with Gasteiger partial charge in [0, 0.05) is 15.8 Å². The molecule has 0 spiro atoms. The lowest BCUT2D eigenvalue weighted by atomic mass is 10.1. The van der Waals surface area contributed by atoms with Crippen molar-refractivity contribution >= 4 is 33.6 Å². The fraction of sp³-hybridized carbons (Fsp3) is 0.562. The SMILES string of the molecule is CC(SCc1cc2c(cc1Br)OCCO2)C(=O)NC(C)(C)C. The van der Waals surface area contributed by atoms with Gasteiger partial charge in [0.15, 0.2) is 11.5 Å². The van der Waals surface area contributed by atoms with Crippen molar-refractivity contribution in [2.45, 2.75) is 44.2 Å². The fourth-order valence-corrected chi connectivity index (χ4v) is 3.51. The number of amides is 1. The highest BCUT2D eigenvalue weighted by Crippen LogP contribution is 2.37. The molecule has 2 rings (SSSR count). The van der Waals surface area contributed by atoms with E-state index in [1.807, 2.05) is 39.8 Å². The molecule has 0 saturated carbocycles. The zero-order valence-electron chi connectivity index (χ0n) is 13.4. The number of hydrogen-bond acceptors (Lipinski definition) is 4. The van der Waals surface area contributed by atoms with Crippen LogP contribution < -0.4 is 14.8 Å². The summed E-state index contributed by atoms with van der Waals surface area (Å²) in [5.41, 5.74) is 0.897. The van der Waals surface area contributed by atoms with Crippen molar-refractivity contribution in [3.63, 3.8) is 0 Å². The summed E-state index contributed by atoms with van der Waals surface area (Å²) < 4.78 is 12.1. The van der Waals surface area contributed by atoms with Crippen molar-refractivity contribution < 1.29 is 14.3 Å². The lowest BCUT2D eigenvalue weighted by Gasteiger charge is -2.23. The van der Waals surface area contributed by atoms with E-state index in [0.717, 1.165) is 27.3 Å². The lowest BCUT2D eigenvalue weighted by molar-refractivity contribution is -0.121. The van der Waals surface area contributed by atoms with Gasteiger partial charge in [0.2, 0.25) is 5.91 Å². The largest absolute Gasteiger partial charge is 0.486 e. The number of thioether (sulfide) groups is 1. The van der Waals surface area contributed by atoms with Crippen molar-refractivity contribution in [1.82, 2.24) is 5.32 Å². The Labute approximate surface area is 144 Å². The summed E-state index contributed by atoms with van der Waals surface area (Å²) >= 11 is 5.17. The molecule has 0 saturated heterocycles. The third kappa shape index (κ3) is 4.81. The molecule has 122 valence electrons. The molecule has 1 aromatic rings. The maximum Gasteiger partial charge on any atom is 0.233 e. The average Bonchev–Trinajstić information content (AvgIpc) is 2.42. The molecule has 1 unspecified atom stereocenters. The molecule has 1 atom stereocenters. The van der Waals surface area contributed by atoms with E-state index >= 15 is 0 Å². The number of nitrogens with one attached hydrogen (secondary N) is 1. The molecule has 1 aromatic carbocycles. The van der Waals surface area contributed by atoms with Crippen molar-refractivity contribution in [3.8, 4) is 11.5 Å². The second-order valence-electron chi connectivity index (χ2n) is 6.28. The summed E-state index contributed by atoms with van der Waals surface area (Å²) in [7, 11) is 0. The number of benzene rings is 1. The van der Waals surface area contributed by atoms with E-state index in [2.05, 4.69) is 21.2 Å². The van der Waals surface area contributed by atoms with Crippen molar-refractivity contribution in [2.24, 2.45) is 0 Å². The molecule has 4 nitrogen and oxygen atoms in total. The van der Waals surface area contributed by atoms with Crippen LogP contribution in [0.3, 0.4) is 0 Å². The molecule has 0 bridgehead atoms. The van der Waals surface area contributed by atoms with Crippen LogP contribution in [0.5, 0.6) is 11.5 Å². The van der Waals surface area contributed by atoms with Gasteiger partial charge in [-0.25, -0.2) is 0 Å². The summed E-state index contributed by atoms with van der Waals surface area (Å²) in [5.74, 6) is 2.34. The van der Waals surface area contributed by atoms with Crippen LogP contribution in [0.15, 0.2) is 16.6 Å². The van der Waals surface area contributed by atoms with Crippen LogP contribution in [0, 0.1) is 0 Å². The van der Waals surface area contributed by atoms with Crippen molar-refractivity contribution in [3.05, 3.63) is 22.2 Å². The van der Waals surface area contributed by atoms with Gasteiger partial charge in [-0.05, 0) is 45.4 Å². The van der Waals surface area contributed by atoms with Gasteiger partial charge in [-0.2, -0.15) is 0 Å². The van der Waals surface area contributed by atoms with Gasteiger partial charge in [-0.1, -0.05) is 15.9 Å². The Morgan fingerprint density at radius 1 is 1.32 bits per heavy atom. The van der Waals surface area contributed by atoms with Crippen LogP contribution >= 0.6 is 27.7 Å². The van der Waals surface area contributed by atoms with Crippen LogP contribution in [0.2, 0.25) is 0 Å². The number of carbonyl (C=O) groups is 1. The predicted octanol–water partition coefficient (Wildman–Crippen LogP) is 3.76. The first-order chi connectivity index (χ1) is 10.3. The van der Waals surface area contributed by atoms with Gasteiger partial charge in [0.05, 0.1) is 5.25 Å². The van der Waals surface area contributed by atoms with E-state index in [-0.39, 0.29) is 16.7 Å². The van der Waals surface area contributed by atoms with Crippen LogP contribution in [0.1, 0.15) is 33.3 Å². The molecular formula is C16H22BrNO3S. The summed E-state index contributed by atoms with van der Waals surface area (Å²) in [6, 6.07) is 3.92. The van der Waals surface area contributed by atoms with Gasteiger partial charge >= 0.3 is 0 Å². The minimum atomic E-state index is -0.205. The minimum absolute atomic E-state index is 0.0613. The molecule has 1 aliphatic rings. The van der Waals surface area contributed by atoms with Crippen LogP contribution in [-0.4, -0.2) is 29.9 Å². The van der Waals surface area contributed by atoms with Gasteiger partial charge in [0.25, 0.3) is 0 Å². The first-order valence-corrected chi connectivity index (χ1v) is 9.12. The maximum absolute atomic E-state index is 12.1. The van der Waals surface area contributed by atoms with Crippen LogP contribution in [0.25, 0.3) is 0 Å². The summed E-state index contributed by atoms with van der Waals surface area (Å²) in [6.45, 7) is 9.04. The van der Waals surface area contributed by atoms with Gasteiger partial charge in [-0.3, -0.25) is 4.79 Å². The number of rotatable bonds is 4. The molecule has 0 radical (unpaired) electrons. The first-order valence-electron chi connectivity index (χ1n) is 7.28. The predicted molar refractivity (Wildman–Crippen MR) is 93.8 cm³/mol. The number of fused-ring (bicyclic) bond motifs is 1. The van der Waals surface area contributed by atoms with Gasteiger partial charge in [0.1, 0.15) is 13.2 Å². The highest BCUT2D eigenvalue weighted by atomic mass is 79.9. The molecule has 1 N–H and O–H groups in total. The minimum Gasteiger partial charge on any atom is -0.486 e. The molecule has 1 aliphatic heterocycles. The van der Waals surface area contributed by atoms with Crippen molar-refractivity contribution in [1.29, 1.82) is 0 Å². The molecular weight excluding hydrogens is 366 g/mol. The zero-order valence-corrected chi connectivity index (χ0v) is 15.8. The Hall–Kier alpha value is -0.880. The van der Waals surface area contributed by atoms with Gasteiger partial charge in [-0.15, -0.1) is 11.8 Å². The highest BCUT2D eigenvalue weighted by molar-refractivity contribution is 9.10. The topological polar surface area (TPSA) is 47.6 Å². The summed E-state index contributed by atoms with van der Waals surface area (Å²) in [5, 5.41) is 2.89. The Morgan fingerprint density at radius 3 is 2.50 bits per heavy atom. The van der Waals surface area contributed by atoms with Crippen molar-refractivity contribution in [2.75, 3.05) is 13.2 Å². The monoisotopic (exact) mass is 387 g/mol. The first kappa shape index (κ1) is 17.5. The van der Waals surface area contributed by atoms with E-state index in [0.29, 0.717) is 13.2 Å². The van der Waals surface area contributed by atoms with E-state index in [9.17, 15) is 4.79 Å². The van der Waals surface area contributed by atoms with Crippen LogP contribution in [0.4, 0.5) is 0 Å². The molecule has 22 heavy (non-hydrogen) atoms. The fourth-order valence-electron chi connectivity index (χ4n) is 1.98. The molecule has 0 aromatic heterocycles. The normalized spacial score (nSPS) is 15.3. The number of hydrogen-bond donors (Lipinski definition) is 1. The van der Waals surface area contributed by atoms with E-state index in [1.54, 1.807) is 11.8 Å². The second kappa shape index (κ2) is 7.13. The third-order valence-corrected chi connectivity index (χ3v) is 5.00. The molecule has 6 heteroatoms. The maximum atomic E-state index is 12.1. The lowest BCUT2D eigenvalue weighted by Crippen LogP contribution is -2.44. The Morgan fingerprint density at radius 2 is 1.91 bits per heavy atom. The Kier molecular flexibility index (Phi) is 5.66. The average molecular weight is 388 g/mol. The van der Waals surface area contributed by atoms with E-state index in [4.69, 9.17) is 9.47 Å². The molecule has 1 heterocycles. The van der Waals surface area contributed by atoms with Gasteiger partial charge < -0.3 is 14.8 Å². The second-order valence-corrected chi connectivity index (χ2v) is 8.46. The van der Waals surface area contributed by atoms with E-state index < -0.39 is 0 Å². The molecule has 1 amide bonds. The standard InChI is InChI=1S/C16H22BrNO3S/c1-10(15(19)18-16(2,3)4)22-9-11-7-13-14(8-12(11)17)21-6-5-20-13/h7-8,10H,5-6,9H2,1-4H3,(H,18,19). The number of halogens is 1. The van der Waals surface area contributed by atoms with E-state index in [1.165, 1.54) is 0 Å². The number of carbonyl (C=O) groups excluding carboxylic acids is 1. The Bertz CT molecular complexity index is 557. The van der Waals surface area contributed by atoms with Crippen LogP contribution in [-0.2, 0) is 10.5 Å². The third-order valence-electron chi connectivity index (χ3n) is 3.07. The molecule has 0 fully saturated rings. The smallest absolute Gasteiger partial charge is 0.233 e. The highest BCUT2D eigenvalue weighted by Gasteiger charge is 2.21. The molecule has 0 aliphatic carbocycles. The number of ether oxygens (including phenoxy) is 2. The zero-order chi connectivity index (χ0) is 16.3. The Balaban J connectivity index is 1.98. The summed E-state index contributed by atoms with van der Waals surface area (Å²) in [4.78, 5) is 12.1. The summed E-state index contributed by atoms with van der Waals surface area (Å²) in [6.07, 6.45) is 0. The quantitative estimate of drug-likeness (QED) is 0.854.